The molecule has 110 valence electrons. The first-order chi connectivity index (χ1) is 9.42. The molecule has 2 rings (SSSR count). The van der Waals surface area contributed by atoms with Crippen molar-refractivity contribution in [1.29, 1.82) is 0 Å². The minimum atomic E-state index is -3.52. The minimum absolute atomic E-state index is 0.217. The summed E-state index contributed by atoms with van der Waals surface area (Å²) in [7, 11) is 0.00167. The van der Waals surface area contributed by atoms with Crippen molar-refractivity contribution in [2.75, 3.05) is 6.54 Å². The van der Waals surface area contributed by atoms with E-state index < -0.39 is 10.0 Å². The number of aromatic nitrogens is 4. The zero-order valence-corrected chi connectivity index (χ0v) is 12.3. The fourth-order valence-corrected chi connectivity index (χ4v) is 2.93. The number of rotatable bonds is 6. The Hall–Kier alpha value is -1.71. The molecule has 0 saturated heterocycles. The van der Waals surface area contributed by atoms with Crippen LogP contribution in [0.15, 0.2) is 23.5 Å². The van der Waals surface area contributed by atoms with Gasteiger partial charge in [0.25, 0.3) is 0 Å². The van der Waals surface area contributed by atoms with Crippen LogP contribution in [-0.4, -0.2) is 34.3 Å². The van der Waals surface area contributed by atoms with E-state index in [1.807, 2.05) is 0 Å². The molecule has 0 atom stereocenters. The lowest BCUT2D eigenvalue weighted by molar-refractivity contribution is 0.580. The molecule has 0 bridgehead atoms. The average Bonchev–Trinajstić information content (AvgIpc) is 2.95. The van der Waals surface area contributed by atoms with Gasteiger partial charge in [0, 0.05) is 45.5 Å². The fraction of sp³-hybridized carbons (Fsp3) is 0.455. The van der Waals surface area contributed by atoms with Crippen LogP contribution in [0.5, 0.6) is 0 Å². The number of hydrogen-bond donors (Lipinski definition) is 2. The second-order valence-electron chi connectivity index (χ2n) is 4.46. The van der Waals surface area contributed by atoms with E-state index in [0.29, 0.717) is 18.8 Å². The van der Waals surface area contributed by atoms with Gasteiger partial charge in [0.05, 0.1) is 4.90 Å². The van der Waals surface area contributed by atoms with Crippen molar-refractivity contribution in [2.24, 2.45) is 19.8 Å². The van der Waals surface area contributed by atoms with Crippen LogP contribution >= 0.6 is 0 Å². The van der Waals surface area contributed by atoms with Gasteiger partial charge in [0.15, 0.2) is 5.82 Å². The highest BCUT2D eigenvalue weighted by Gasteiger charge is 2.16. The smallest absolute Gasteiger partial charge is 0.242 e. The summed E-state index contributed by atoms with van der Waals surface area (Å²) in [4.78, 5) is 4.25. The molecule has 3 N–H and O–H groups in total. The summed E-state index contributed by atoms with van der Waals surface area (Å²) < 4.78 is 30.0. The second-order valence-corrected chi connectivity index (χ2v) is 6.23. The number of nitrogens with two attached hydrogens (primary N) is 1. The van der Waals surface area contributed by atoms with E-state index in [9.17, 15) is 8.42 Å². The summed E-state index contributed by atoms with van der Waals surface area (Å²) in [6.45, 7) is 0.545. The molecular weight excluding hydrogens is 280 g/mol. The van der Waals surface area contributed by atoms with E-state index in [1.54, 1.807) is 41.9 Å². The second kappa shape index (κ2) is 5.73. The van der Waals surface area contributed by atoms with Gasteiger partial charge in [-0.3, -0.25) is 4.68 Å². The Morgan fingerprint density at radius 3 is 2.70 bits per heavy atom. The third-order valence-electron chi connectivity index (χ3n) is 2.89. The summed E-state index contributed by atoms with van der Waals surface area (Å²) in [5, 5.41) is 4.08. The molecule has 0 fully saturated rings. The third kappa shape index (κ3) is 3.24. The Bertz CT molecular complexity index is 688. The van der Waals surface area contributed by atoms with Gasteiger partial charge in [-0.1, -0.05) is 0 Å². The van der Waals surface area contributed by atoms with Crippen molar-refractivity contribution < 1.29 is 8.42 Å². The first kappa shape index (κ1) is 14.7. The summed E-state index contributed by atoms with van der Waals surface area (Å²) in [6.07, 6.45) is 3.56. The van der Waals surface area contributed by atoms with Crippen molar-refractivity contribution in [3.63, 3.8) is 0 Å². The van der Waals surface area contributed by atoms with Crippen molar-refractivity contribution in [2.45, 2.75) is 17.9 Å². The quantitative estimate of drug-likeness (QED) is 0.721. The topological polar surface area (TPSA) is 108 Å². The maximum atomic E-state index is 12.1. The molecule has 0 aliphatic carbocycles. The van der Waals surface area contributed by atoms with Gasteiger partial charge in [-0.2, -0.15) is 5.10 Å². The number of sulfonamides is 1. The third-order valence-corrected chi connectivity index (χ3v) is 4.32. The van der Waals surface area contributed by atoms with Crippen molar-refractivity contribution in [1.82, 2.24) is 24.1 Å². The highest BCUT2D eigenvalue weighted by atomic mass is 32.2. The molecule has 0 saturated carbocycles. The van der Waals surface area contributed by atoms with Gasteiger partial charge in [-0.05, 0) is 6.07 Å². The van der Waals surface area contributed by atoms with E-state index in [-0.39, 0.29) is 11.4 Å². The highest BCUT2D eigenvalue weighted by molar-refractivity contribution is 7.89. The van der Waals surface area contributed by atoms with Gasteiger partial charge in [0.1, 0.15) is 6.33 Å². The van der Waals surface area contributed by atoms with Crippen LogP contribution < -0.4 is 10.5 Å². The number of aryl methyl sites for hydroxylation is 2. The lowest BCUT2D eigenvalue weighted by Gasteiger charge is -2.03. The molecule has 8 nitrogen and oxygen atoms in total. The standard InChI is InChI=1S/C11H18N6O2S/c1-16-7-10(5-9(16)6-12)20(18,19)14-4-3-11-13-8-17(2)15-11/h5,7-8,14H,3-4,6,12H2,1-2H3. The maximum absolute atomic E-state index is 12.1. The largest absolute Gasteiger partial charge is 0.352 e. The molecular formula is C11H18N6O2S. The zero-order chi connectivity index (χ0) is 14.8. The zero-order valence-electron chi connectivity index (χ0n) is 11.4. The van der Waals surface area contributed by atoms with Crippen molar-refractivity contribution in [3.05, 3.63) is 30.1 Å². The van der Waals surface area contributed by atoms with Gasteiger partial charge in [-0.25, -0.2) is 18.1 Å². The van der Waals surface area contributed by atoms with E-state index >= 15 is 0 Å². The molecule has 0 aliphatic heterocycles. The van der Waals surface area contributed by atoms with Crippen LogP contribution in [0.3, 0.4) is 0 Å². The first-order valence-electron chi connectivity index (χ1n) is 6.12. The van der Waals surface area contributed by atoms with Gasteiger partial charge >= 0.3 is 0 Å². The molecule has 0 aromatic carbocycles. The van der Waals surface area contributed by atoms with Crippen LogP contribution in [-0.2, 0) is 37.1 Å². The van der Waals surface area contributed by atoms with Crippen molar-refractivity contribution in [3.8, 4) is 0 Å². The molecule has 2 aromatic heterocycles. The van der Waals surface area contributed by atoms with Crippen LogP contribution in [0, 0.1) is 0 Å². The molecule has 0 radical (unpaired) electrons. The Morgan fingerprint density at radius 1 is 1.40 bits per heavy atom. The fourth-order valence-electron chi connectivity index (χ4n) is 1.81. The average molecular weight is 298 g/mol. The van der Waals surface area contributed by atoms with Crippen LogP contribution in [0.2, 0.25) is 0 Å². The van der Waals surface area contributed by atoms with E-state index in [1.165, 1.54) is 0 Å². The van der Waals surface area contributed by atoms with Gasteiger partial charge in [-0.15, -0.1) is 0 Å². The summed E-state index contributed by atoms with van der Waals surface area (Å²) >= 11 is 0. The number of hydrogen-bond acceptors (Lipinski definition) is 5. The molecule has 0 aliphatic rings. The lowest BCUT2D eigenvalue weighted by Crippen LogP contribution is -2.26. The highest BCUT2D eigenvalue weighted by Crippen LogP contribution is 2.12. The van der Waals surface area contributed by atoms with Gasteiger partial charge in [0.2, 0.25) is 10.0 Å². The molecule has 0 spiro atoms. The summed E-state index contributed by atoms with van der Waals surface area (Å²) in [6, 6.07) is 1.57. The summed E-state index contributed by atoms with van der Waals surface area (Å²) in [5.41, 5.74) is 6.29. The normalized spacial score (nSPS) is 11.9. The lowest BCUT2D eigenvalue weighted by atomic mass is 10.4. The SMILES string of the molecule is Cn1cnc(CCNS(=O)(=O)c2cc(CN)n(C)c2)n1. The van der Waals surface area contributed by atoms with Crippen molar-refractivity contribution >= 4 is 10.0 Å². The van der Waals surface area contributed by atoms with Crippen LogP contribution in [0.4, 0.5) is 0 Å². The van der Waals surface area contributed by atoms with Crippen LogP contribution in [0.25, 0.3) is 0 Å². The van der Waals surface area contributed by atoms with E-state index in [4.69, 9.17) is 5.73 Å². The maximum Gasteiger partial charge on any atom is 0.242 e. The number of nitrogens with zero attached hydrogens (tertiary/aromatic N) is 4. The first-order valence-corrected chi connectivity index (χ1v) is 7.60. The number of nitrogens with one attached hydrogen (secondary N) is 1. The molecule has 2 heterocycles. The molecule has 2 aromatic rings. The Morgan fingerprint density at radius 2 is 2.15 bits per heavy atom. The Labute approximate surface area is 117 Å². The van der Waals surface area contributed by atoms with Crippen LogP contribution in [0.1, 0.15) is 11.5 Å². The Kier molecular flexibility index (Phi) is 4.21. The van der Waals surface area contributed by atoms with E-state index in [0.717, 1.165) is 5.69 Å². The molecule has 0 unspecified atom stereocenters. The predicted octanol–water partition coefficient (Wildman–Crippen LogP) is -0.867. The monoisotopic (exact) mass is 298 g/mol. The van der Waals surface area contributed by atoms with E-state index in [2.05, 4.69) is 14.8 Å². The predicted molar refractivity (Wildman–Crippen MR) is 73.2 cm³/mol. The molecule has 20 heavy (non-hydrogen) atoms. The Balaban J connectivity index is 2.00. The minimum Gasteiger partial charge on any atom is -0.352 e. The molecule has 9 heteroatoms. The summed E-state index contributed by atoms with van der Waals surface area (Å²) in [5.74, 6) is 0.603. The van der Waals surface area contributed by atoms with Gasteiger partial charge < -0.3 is 10.3 Å². The molecule has 0 amide bonds.